The van der Waals surface area contributed by atoms with E-state index in [2.05, 4.69) is 5.32 Å². The Hall–Kier alpha value is -1.06. The van der Waals surface area contributed by atoms with E-state index in [-0.39, 0.29) is 11.2 Å². The van der Waals surface area contributed by atoms with E-state index in [1.54, 1.807) is 0 Å². The molecule has 1 aromatic rings. The number of nitrogens with one attached hydrogen (secondary N) is 1. The van der Waals surface area contributed by atoms with Gasteiger partial charge in [0.05, 0.1) is 0 Å². The lowest BCUT2D eigenvalue weighted by atomic mass is 9.96. The second-order valence-corrected chi connectivity index (χ2v) is 2.11. The van der Waals surface area contributed by atoms with Gasteiger partial charge in [-0.2, -0.15) is 0 Å². The first-order valence-electron chi connectivity index (χ1n) is 3.07. The predicted octanol–water partition coefficient (Wildman–Crippen LogP) is 0.800. The highest BCUT2D eigenvalue weighted by molar-refractivity contribution is 6.32. The molecule has 1 nitrogen and oxygen atoms in total. The molecule has 56 valence electrons. The van der Waals surface area contributed by atoms with Crippen molar-refractivity contribution in [1.29, 1.82) is 0 Å². The monoisotopic (exact) mass is 153 g/mol. The Morgan fingerprint density at radius 2 is 1.73 bits per heavy atom. The zero-order chi connectivity index (χ0) is 8.43. The Morgan fingerprint density at radius 3 is 2.09 bits per heavy atom. The maximum atomic E-state index is 12.7. The lowest BCUT2D eigenvalue weighted by Gasteiger charge is -2.04. The topological polar surface area (TPSA) is 12.0 Å². The third-order valence-corrected chi connectivity index (χ3v) is 1.31. The molecule has 0 aromatic heterocycles. The van der Waals surface area contributed by atoms with Crippen LogP contribution in [0, 0.1) is 11.6 Å². The molecule has 1 rings (SSSR count). The van der Waals surface area contributed by atoms with Crippen LogP contribution in [0.2, 0.25) is 0 Å². The summed E-state index contributed by atoms with van der Waals surface area (Å²) in [6, 6.07) is 2.13. The zero-order valence-electron chi connectivity index (χ0n) is 5.99. The van der Waals surface area contributed by atoms with E-state index in [0.29, 0.717) is 0 Å². The van der Waals surface area contributed by atoms with Gasteiger partial charge < -0.3 is 5.32 Å². The van der Waals surface area contributed by atoms with Crippen LogP contribution in [0.4, 0.5) is 14.5 Å². The van der Waals surface area contributed by atoms with Crippen LogP contribution in [0.25, 0.3) is 0 Å². The van der Waals surface area contributed by atoms with E-state index >= 15 is 0 Å². The minimum atomic E-state index is -0.676. The summed E-state index contributed by atoms with van der Waals surface area (Å²) in [7, 11) is 6.62. The largest absolute Gasteiger partial charge is 0.383 e. The molecule has 0 aliphatic rings. The summed E-state index contributed by atoms with van der Waals surface area (Å²) in [5.41, 5.74) is -0.0711. The van der Waals surface area contributed by atoms with Crippen molar-refractivity contribution in [1.82, 2.24) is 0 Å². The second-order valence-electron chi connectivity index (χ2n) is 2.11. The van der Waals surface area contributed by atoms with E-state index in [1.165, 1.54) is 7.05 Å². The molecule has 0 saturated carbocycles. The van der Waals surface area contributed by atoms with Crippen LogP contribution in [0.5, 0.6) is 0 Å². The van der Waals surface area contributed by atoms with Gasteiger partial charge in [0.1, 0.15) is 25.2 Å². The van der Waals surface area contributed by atoms with Gasteiger partial charge >= 0.3 is 0 Å². The summed E-state index contributed by atoms with van der Waals surface area (Å²) in [5, 5.41) is 2.39. The summed E-state index contributed by atoms with van der Waals surface area (Å²) < 4.78 is 25.5. The van der Waals surface area contributed by atoms with E-state index < -0.39 is 11.6 Å². The van der Waals surface area contributed by atoms with Gasteiger partial charge in [-0.1, -0.05) is 5.46 Å². The van der Waals surface area contributed by atoms with Crippen molar-refractivity contribution >= 4 is 19.0 Å². The van der Waals surface area contributed by atoms with Crippen LogP contribution in [0.1, 0.15) is 0 Å². The molecule has 0 unspecified atom stereocenters. The number of halogens is 2. The Balaban J connectivity index is 3.25. The first-order valence-corrected chi connectivity index (χ1v) is 3.07. The normalized spacial score (nSPS) is 9.73. The van der Waals surface area contributed by atoms with Gasteiger partial charge in [-0.25, -0.2) is 8.78 Å². The van der Waals surface area contributed by atoms with E-state index in [0.717, 1.165) is 12.1 Å². The molecular formula is C7H6BF2N. The Labute approximate surface area is 64.8 Å². The summed E-state index contributed by atoms with van der Waals surface area (Å²) in [6.45, 7) is 0. The predicted molar refractivity (Wildman–Crippen MR) is 41.3 cm³/mol. The Morgan fingerprint density at radius 1 is 1.27 bits per heavy atom. The molecule has 0 spiro atoms. The summed E-state index contributed by atoms with van der Waals surface area (Å²) >= 11 is 0. The van der Waals surface area contributed by atoms with Crippen molar-refractivity contribution in [2.45, 2.75) is 0 Å². The van der Waals surface area contributed by atoms with Gasteiger partial charge in [0.15, 0.2) is 0 Å². The fourth-order valence-electron chi connectivity index (χ4n) is 0.832. The lowest BCUT2D eigenvalue weighted by Crippen LogP contribution is -2.07. The van der Waals surface area contributed by atoms with Crippen LogP contribution in [0.15, 0.2) is 12.1 Å². The van der Waals surface area contributed by atoms with Gasteiger partial charge in [-0.3, -0.25) is 0 Å². The molecule has 0 saturated heterocycles. The van der Waals surface area contributed by atoms with Gasteiger partial charge in [-0.05, 0) is 12.1 Å². The zero-order valence-corrected chi connectivity index (χ0v) is 5.99. The molecule has 0 fully saturated rings. The van der Waals surface area contributed by atoms with Crippen LogP contribution in [0.3, 0.4) is 0 Å². The molecule has 0 aliphatic carbocycles. The number of hydrogen-bond donors (Lipinski definition) is 1. The fraction of sp³-hybridized carbons (Fsp3) is 0.143. The number of anilines is 1. The van der Waals surface area contributed by atoms with Crippen LogP contribution in [-0.2, 0) is 0 Å². The first kappa shape index (κ1) is 8.05. The fourth-order valence-corrected chi connectivity index (χ4v) is 0.832. The molecule has 0 amide bonds. The molecule has 0 heterocycles. The lowest BCUT2D eigenvalue weighted by molar-refractivity contribution is 0.592. The molecule has 1 N–H and O–H groups in total. The Kier molecular flexibility index (Phi) is 2.12. The van der Waals surface area contributed by atoms with E-state index in [1.807, 2.05) is 0 Å². The molecule has 2 radical (unpaired) electrons. The SMILES string of the molecule is [B]c1cc(F)c(NC)c(F)c1. The molecule has 0 aliphatic heterocycles. The summed E-state index contributed by atoms with van der Waals surface area (Å²) in [4.78, 5) is 0. The highest BCUT2D eigenvalue weighted by atomic mass is 19.1. The van der Waals surface area contributed by atoms with Crippen LogP contribution < -0.4 is 10.8 Å². The number of benzene rings is 1. The smallest absolute Gasteiger partial charge is 0.148 e. The standard InChI is InChI=1S/C7H6BF2N/c1-11-7-5(9)2-4(8)3-6(7)10/h2-3,11H,1H3. The van der Waals surface area contributed by atoms with Gasteiger partial charge in [-0.15, -0.1) is 0 Å². The molecule has 1 aromatic carbocycles. The Bertz CT molecular complexity index is 252. The maximum absolute atomic E-state index is 12.7. The molecule has 0 bridgehead atoms. The first-order chi connectivity index (χ1) is 5.15. The summed E-state index contributed by atoms with van der Waals surface area (Å²) in [6.07, 6.45) is 0. The number of rotatable bonds is 1. The van der Waals surface area contributed by atoms with Gasteiger partial charge in [0, 0.05) is 7.05 Å². The van der Waals surface area contributed by atoms with E-state index in [4.69, 9.17) is 7.85 Å². The van der Waals surface area contributed by atoms with Crippen LogP contribution >= 0.6 is 0 Å². The quantitative estimate of drug-likeness (QED) is 0.588. The van der Waals surface area contributed by atoms with E-state index in [9.17, 15) is 8.78 Å². The molecule has 0 atom stereocenters. The van der Waals surface area contributed by atoms with Crippen molar-refractivity contribution in [2.75, 3.05) is 12.4 Å². The average molecular weight is 153 g/mol. The molecule has 4 heteroatoms. The maximum Gasteiger partial charge on any atom is 0.148 e. The van der Waals surface area contributed by atoms with Crippen molar-refractivity contribution in [3.63, 3.8) is 0 Å². The molecular weight excluding hydrogens is 147 g/mol. The van der Waals surface area contributed by atoms with Crippen molar-refractivity contribution in [3.05, 3.63) is 23.8 Å². The third-order valence-electron chi connectivity index (χ3n) is 1.31. The third kappa shape index (κ3) is 1.50. The minimum Gasteiger partial charge on any atom is -0.383 e. The van der Waals surface area contributed by atoms with Crippen molar-refractivity contribution < 1.29 is 8.78 Å². The minimum absolute atomic E-state index is 0.0824. The highest BCUT2D eigenvalue weighted by Crippen LogP contribution is 2.15. The van der Waals surface area contributed by atoms with Crippen LogP contribution in [-0.4, -0.2) is 14.9 Å². The van der Waals surface area contributed by atoms with Gasteiger partial charge in [0.25, 0.3) is 0 Å². The van der Waals surface area contributed by atoms with Gasteiger partial charge in [0.2, 0.25) is 0 Å². The average Bonchev–Trinajstić information content (AvgIpc) is 1.85. The van der Waals surface area contributed by atoms with Crippen molar-refractivity contribution in [3.8, 4) is 0 Å². The number of hydrogen-bond acceptors (Lipinski definition) is 1. The van der Waals surface area contributed by atoms with Crippen molar-refractivity contribution in [2.24, 2.45) is 0 Å². The summed E-state index contributed by atoms with van der Waals surface area (Å²) in [5.74, 6) is -1.35. The molecule has 11 heavy (non-hydrogen) atoms. The highest BCUT2D eigenvalue weighted by Gasteiger charge is 2.06. The second kappa shape index (κ2) is 2.90.